The van der Waals surface area contributed by atoms with Crippen molar-refractivity contribution in [2.45, 2.75) is 12.3 Å². The molecule has 2 rings (SSSR count). The van der Waals surface area contributed by atoms with Crippen molar-refractivity contribution >= 4 is 34.0 Å². The van der Waals surface area contributed by atoms with E-state index >= 15 is 0 Å². The highest BCUT2D eigenvalue weighted by molar-refractivity contribution is 7.15. The predicted octanol–water partition coefficient (Wildman–Crippen LogP) is 2.46. The fourth-order valence-electron chi connectivity index (χ4n) is 1.30. The first kappa shape index (κ1) is 12.0. The second-order valence-electron chi connectivity index (χ2n) is 3.35. The van der Waals surface area contributed by atoms with Gasteiger partial charge in [-0.15, -0.1) is 21.8 Å². The van der Waals surface area contributed by atoms with Crippen molar-refractivity contribution in [1.82, 2.24) is 10.2 Å². The number of anilines is 1. The first-order valence-corrected chi connectivity index (χ1v) is 6.35. The third-order valence-electron chi connectivity index (χ3n) is 2.04. The van der Waals surface area contributed by atoms with Gasteiger partial charge >= 0.3 is 0 Å². The smallest absolute Gasteiger partial charge is 0.230 e. The van der Waals surface area contributed by atoms with Crippen LogP contribution >= 0.6 is 22.9 Å². The maximum atomic E-state index is 11.7. The van der Waals surface area contributed by atoms with Gasteiger partial charge in [0.2, 0.25) is 11.0 Å². The lowest BCUT2D eigenvalue weighted by molar-refractivity contribution is -0.115. The normalized spacial score (nSPS) is 10.2. The summed E-state index contributed by atoms with van der Waals surface area (Å²) >= 11 is 6.89. The summed E-state index contributed by atoms with van der Waals surface area (Å²) < 4.78 is 0. The Morgan fingerprint density at radius 1 is 1.29 bits per heavy atom. The molecule has 1 heterocycles. The number of rotatable bonds is 4. The molecule has 4 nitrogen and oxygen atoms in total. The van der Waals surface area contributed by atoms with E-state index in [2.05, 4.69) is 15.5 Å². The van der Waals surface area contributed by atoms with Crippen LogP contribution in [-0.4, -0.2) is 16.1 Å². The second kappa shape index (κ2) is 5.75. The van der Waals surface area contributed by atoms with Crippen LogP contribution in [0, 0.1) is 0 Å². The number of carbonyl (C=O) groups is 1. The van der Waals surface area contributed by atoms with Crippen LogP contribution in [0.25, 0.3) is 0 Å². The summed E-state index contributed by atoms with van der Waals surface area (Å²) in [4.78, 5) is 11.7. The van der Waals surface area contributed by atoms with Crippen LogP contribution in [-0.2, 0) is 17.1 Å². The molecule has 1 N–H and O–H groups in total. The Morgan fingerprint density at radius 2 is 2.06 bits per heavy atom. The van der Waals surface area contributed by atoms with E-state index in [-0.39, 0.29) is 5.91 Å². The molecule has 2 aromatic rings. The van der Waals surface area contributed by atoms with Crippen LogP contribution in [0.1, 0.15) is 10.6 Å². The molecule has 0 bridgehead atoms. The number of hydrogen-bond donors (Lipinski definition) is 1. The van der Waals surface area contributed by atoms with Gasteiger partial charge in [-0.1, -0.05) is 41.7 Å². The number of carbonyl (C=O) groups excluding carboxylic acids is 1. The van der Waals surface area contributed by atoms with Crippen molar-refractivity contribution < 1.29 is 4.79 Å². The highest BCUT2D eigenvalue weighted by Crippen LogP contribution is 2.16. The maximum Gasteiger partial charge on any atom is 0.230 e. The van der Waals surface area contributed by atoms with Gasteiger partial charge in [-0.05, 0) is 5.56 Å². The Morgan fingerprint density at radius 3 is 2.71 bits per heavy atom. The maximum absolute atomic E-state index is 11.7. The van der Waals surface area contributed by atoms with Crippen LogP contribution in [0.4, 0.5) is 5.13 Å². The van der Waals surface area contributed by atoms with E-state index in [1.165, 1.54) is 11.3 Å². The van der Waals surface area contributed by atoms with Gasteiger partial charge in [0.05, 0.1) is 12.3 Å². The fourth-order valence-corrected chi connectivity index (χ4v) is 2.13. The molecule has 0 radical (unpaired) electrons. The molecule has 6 heteroatoms. The molecule has 1 amide bonds. The summed E-state index contributed by atoms with van der Waals surface area (Å²) in [6, 6.07) is 9.53. The van der Waals surface area contributed by atoms with E-state index in [0.29, 0.717) is 22.4 Å². The monoisotopic (exact) mass is 267 g/mol. The molecule has 1 aromatic carbocycles. The van der Waals surface area contributed by atoms with E-state index in [0.717, 1.165) is 5.56 Å². The molecule has 0 atom stereocenters. The van der Waals surface area contributed by atoms with Crippen molar-refractivity contribution in [2.75, 3.05) is 5.32 Å². The van der Waals surface area contributed by atoms with Crippen molar-refractivity contribution in [1.29, 1.82) is 0 Å². The van der Waals surface area contributed by atoms with Gasteiger partial charge in [-0.2, -0.15) is 0 Å². The summed E-state index contributed by atoms with van der Waals surface area (Å²) in [5, 5.41) is 11.5. The second-order valence-corrected chi connectivity index (χ2v) is 4.67. The minimum Gasteiger partial charge on any atom is -0.300 e. The molecule has 0 fully saturated rings. The minimum atomic E-state index is -0.103. The van der Waals surface area contributed by atoms with Crippen molar-refractivity contribution in [3.8, 4) is 0 Å². The highest BCUT2D eigenvalue weighted by atomic mass is 35.5. The SMILES string of the molecule is O=C(Cc1ccccc1)Nc1nnc(CCl)s1. The van der Waals surface area contributed by atoms with Gasteiger partial charge < -0.3 is 5.32 Å². The Bertz CT molecular complexity index is 500. The molecule has 1 aromatic heterocycles. The van der Waals surface area contributed by atoms with Gasteiger partial charge in [0.1, 0.15) is 5.01 Å². The average molecular weight is 268 g/mol. The molecular weight excluding hydrogens is 258 g/mol. The van der Waals surface area contributed by atoms with Gasteiger partial charge in [0, 0.05) is 0 Å². The minimum absolute atomic E-state index is 0.103. The molecule has 0 unspecified atom stereocenters. The number of halogens is 1. The number of hydrogen-bond acceptors (Lipinski definition) is 4. The molecule has 0 spiro atoms. The van der Waals surface area contributed by atoms with E-state index in [9.17, 15) is 4.79 Å². The van der Waals surface area contributed by atoms with Crippen molar-refractivity contribution in [3.63, 3.8) is 0 Å². The third-order valence-corrected chi connectivity index (χ3v) is 3.29. The average Bonchev–Trinajstić information content (AvgIpc) is 2.78. The molecule has 0 aliphatic carbocycles. The van der Waals surface area contributed by atoms with Crippen LogP contribution in [0.3, 0.4) is 0 Å². The summed E-state index contributed by atoms with van der Waals surface area (Å²) in [5.41, 5.74) is 0.965. The molecule has 88 valence electrons. The molecule has 0 saturated carbocycles. The lowest BCUT2D eigenvalue weighted by Gasteiger charge is -2.00. The third kappa shape index (κ3) is 3.51. The first-order chi connectivity index (χ1) is 8.28. The number of alkyl halides is 1. The summed E-state index contributed by atoms with van der Waals surface area (Å²) in [6.07, 6.45) is 0.330. The Kier molecular flexibility index (Phi) is 4.06. The van der Waals surface area contributed by atoms with Gasteiger partial charge in [0.25, 0.3) is 0 Å². The summed E-state index contributed by atoms with van der Waals surface area (Å²) in [5.74, 6) is 0.208. The Balaban J connectivity index is 1.93. The molecule has 0 aliphatic rings. The highest BCUT2D eigenvalue weighted by Gasteiger charge is 2.08. The van der Waals surface area contributed by atoms with Crippen molar-refractivity contribution in [2.24, 2.45) is 0 Å². The zero-order valence-electron chi connectivity index (χ0n) is 8.89. The quantitative estimate of drug-likeness (QED) is 0.866. The summed E-state index contributed by atoms with van der Waals surface area (Å²) in [6.45, 7) is 0. The van der Waals surface area contributed by atoms with E-state index < -0.39 is 0 Å². The van der Waals surface area contributed by atoms with Crippen LogP contribution in [0.5, 0.6) is 0 Å². The van der Waals surface area contributed by atoms with Crippen LogP contribution in [0.2, 0.25) is 0 Å². The predicted molar refractivity (Wildman–Crippen MR) is 68.2 cm³/mol. The zero-order chi connectivity index (χ0) is 12.1. The Hall–Kier alpha value is -1.46. The first-order valence-electron chi connectivity index (χ1n) is 5.00. The number of amides is 1. The van der Waals surface area contributed by atoms with E-state index in [1.54, 1.807) is 0 Å². The number of nitrogens with one attached hydrogen (secondary N) is 1. The molecular formula is C11H10ClN3OS. The lowest BCUT2D eigenvalue weighted by Crippen LogP contribution is -2.14. The largest absolute Gasteiger partial charge is 0.300 e. The van der Waals surface area contributed by atoms with Gasteiger partial charge in [-0.25, -0.2) is 0 Å². The number of aromatic nitrogens is 2. The van der Waals surface area contributed by atoms with Crippen LogP contribution in [0.15, 0.2) is 30.3 Å². The standard InChI is InChI=1S/C11H10ClN3OS/c12-7-10-14-15-11(17-10)13-9(16)6-8-4-2-1-3-5-8/h1-5H,6-7H2,(H,13,15,16). The van der Waals surface area contributed by atoms with Crippen LogP contribution < -0.4 is 5.32 Å². The Labute approximate surface area is 108 Å². The fraction of sp³-hybridized carbons (Fsp3) is 0.182. The molecule has 17 heavy (non-hydrogen) atoms. The van der Waals surface area contributed by atoms with Gasteiger partial charge in [-0.3, -0.25) is 4.79 Å². The number of benzene rings is 1. The van der Waals surface area contributed by atoms with E-state index in [1.807, 2.05) is 30.3 Å². The number of nitrogens with zero attached hydrogens (tertiary/aromatic N) is 2. The summed E-state index contributed by atoms with van der Waals surface area (Å²) in [7, 11) is 0. The van der Waals surface area contributed by atoms with Gasteiger partial charge in [0.15, 0.2) is 0 Å². The van der Waals surface area contributed by atoms with E-state index in [4.69, 9.17) is 11.6 Å². The van der Waals surface area contributed by atoms with Crippen molar-refractivity contribution in [3.05, 3.63) is 40.9 Å². The molecule has 0 saturated heterocycles. The zero-order valence-corrected chi connectivity index (χ0v) is 10.5. The lowest BCUT2D eigenvalue weighted by atomic mass is 10.1. The molecule has 0 aliphatic heterocycles. The topological polar surface area (TPSA) is 54.9 Å².